The van der Waals surface area contributed by atoms with Crippen LogP contribution in [-0.4, -0.2) is 39.3 Å². The third-order valence-electron chi connectivity index (χ3n) is 3.92. The van der Waals surface area contributed by atoms with Crippen LogP contribution in [0.15, 0.2) is 41.3 Å². The number of nitrogens with one attached hydrogen (secondary N) is 1. The molecule has 1 amide bonds. The zero-order valence-electron chi connectivity index (χ0n) is 15.0. The van der Waals surface area contributed by atoms with Crippen LogP contribution in [0.2, 0.25) is 5.02 Å². The molecule has 0 heterocycles. The number of amides is 1. The molecule has 0 saturated carbocycles. The third-order valence-corrected chi connectivity index (χ3v) is 6.03. The minimum atomic E-state index is -3.58. The maximum Gasteiger partial charge on any atom is 0.262 e. The van der Waals surface area contributed by atoms with E-state index in [9.17, 15) is 13.2 Å². The van der Waals surface area contributed by atoms with E-state index in [4.69, 9.17) is 16.3 Å². The van der Waals surface area contributed by atoms with E-state index in [0.29, 0.717) is 0 Å². The van der Waals surface area contributed by atoms with Crippen LogP contribution in [0.1, 0.15) is 11.1 Å². The van der Waals surface area contributed by atoms with Crippen LogP contribution in [0.25, 0.3) is 0 Å². The molecule has 2 aromatic rings. The minimum absolute atomic E-state index is 0.0553. The van der Waals surface area contributed by atoms with Gasteiger partial charge in [-0.1, -0.05) is 23.7 Å². The van der Waals surface area contributed by atoms with Crippen LogP contribution in [0.3, 0.4) is 0 Å². The van der Waals surface area contributed by atoms with Gasteiger partial charge in [0.05, 0.1) is 9.92 Å². The first kappa shape index (κ1) is 20.2. The van der Waals surface area contributed by atoms with Gasteiger partial charge in [-0.2, -0.15) is 0 Å². The second kappa shape index (κ2) is 8.07. The summed E-state index contributed by atoms with van der Waals surface area (Å²) in [7, 11) is -0.711. The molecule has 6 nitrogen and oxygen atoms in total. The highest BCUT2D eigenvalue weighted by Crippen LogP contribution is 2.28. The van der Waals surface area contributed by atoms with E-state index in [2.05, 4.69) is 5.32 Å². The quantitative estimate of drug-likeness (QED) is 0.813. The zero-order valence-corrected chi connectivity index (χ0v) is 16.6. The van der Waals surface area contributed by atoms with Gasteiger partial charge in [-0.25, -0.2) is 12.7 Å². The van der Waals surface area contributed by atoms with E-state index in [1.54, 1.807) is 0 Å². The molecule has 1 N–H and O–H groups in total. The lowest BCUT2D eigenvalue weighted by atomic mass is 10.1. The predicted octanol–water partition coefficient (Wildman–Crippen LogP) is 3.22. The van der Waals surface area contributed by atoms with Gasteiger partial charge >= 0.3 is 0 Å². The molecule has 2 rings (SSSR count). The van der Waals surface area contributed by atoms with Crippen LogP contribution in [0, 0.1) is 13.8 Å². The van der Waals surface area contributed by atoms with Crippen LogP contribution < -0.4 is 10.1 Å². The number of sulfonamides is 1. The van der Waals surface area contributed by atoms with Crippen LogP contribution >= 0.6 is 11.6 Å². The maximum absolute atomic E-state index is 12.1. The fourth-order valence-corrected chi connectivity index (χ4v) is 3.41. The van der Waals surface area contributed by atoms with Gasteiger partial charge in [0.2, 0.25) is 10.0 Å². The van der Waals surface area contributed by atoms with Crippen molar-refractivity contribution in [2.75, 3.05) is 26.0 Å². The predicted molar refractivity (Wildman–Crippen MR) is 102 cm³/mol. The lowest BCUT2D eigenvalue weighted by Gasteiger charge is -2.14. The second-order valence-electron chi connectivity index (χ2n) is 5.96. The Kier molecular flexibility index (Phi) is 6.28. The number of halogens is 1. The first-order valence-electron chi connectivity index (χ1n) is 7.84. The Morgan fingerprint density at radius 3 is 2.50 bits per heavy atom. The van der Waals surface area contributed by atoms with Gasteiger partial charge in [-0.3, -0.25) is 4.79 Å². The van der Waals surface area contributed by atoms with Crippen LogP contribution in [0.4, 0.5) is 5.69 Å². The van der Waals surface area contributed by atoms with Gasteiger partial charge in [0.15, 0.2) is 6.61 Å². The number of carbonyl (C=O) groups excluding carboxylic acids is 1. The van der Waals surface area contributed by atoms with Crippen molar-refractivity contribution < 1.29 is 17.9 Å². The number of nitrogens with zero attached hydrogens (tertiary/aromatic N) is 1. The van der Waals surface area contributed by atoms with E-state index < -0.39 is 10.0 Å². The number of aryl methyl sites for hydroxylation is 1. The number of carbonyl (C=O) groups is 1. The molecule has 26 heavy (non-hydrogen) atoms. The summed E-state index contributed by atoms with van der Waals surface area (Å²) < 4.78 is 30.7. The Morgan fingerprint density at radius 1 is 1.19 bits per heavy atom. The molecule has 2 aromatic carbocycles. The number of rotatable bonds is 6. The van der Waals surface area contributed by atoms with E-state index >= 15 is 0 Å². The lowest BCUT2D eigenvalue weighted by molar-refractivity contribution is -0.118. The second-order valence-corrected chi connectivity index (χ2v) is 8.52. The molecular weight excluding hydrogens is 376 g/mol. The number of hydrogen-bond donors (Lipinski definition) is 1. The van der Waals surface area contributed by atoms with Crippen molar-refractivity contribution in [3.63, 3.8) is 0 Å². The van der Waals surface area contributed by atoms with Crippen molar-refractivity contribution in [3.8, 4) is 5.75 Å². The summed E-state index contributed by atoms with van der Waals surface area (Å²) in [4.78, 5) is 12.1. The normalized spacial score (nSPS) is 11.5. The molecule has 0 aromatic heterocycles. The highest BCUT2D eigenvalue weighted by atomic mass is 35.5. The Balaban J connectivity index is 2.05. The highest BCUT2D eigenvalue weighted by Gasteiger charge is 2.19. The molecule has 0 aliphatic carbocycles. The summed E-state index contributed by atoms with van der Waals surface area (Å²) in [5.74, 6) is -0.0970. The average Bonchev–Trinajstić information content (AvgIpc) is 2.57. The van der Waals surface area contributed by atoms with E-state index in [1.807, 2.05) is 32.0 Å². The topological polar surface area (TPSA) is 75.7 Å². The Morgan fingerprint density at radius 2 is 1.88 bits per heavy atom. The molecule has 0 saturated heterocycles. The van der Waals surface area contributed by atoms with Crippen molar-refractivity contribution in [1.29, 1.82) is 0 Å². The molecule has 0 aliphatic heterocycles. The minimum Gasteiger partial charge on any atom is -0.482 e. The molecule has 140 valence electrons. The van der Waals surface area contributed by atoms with Crippen molar-refractivity contribution in [2.45, 2.75) is 18.7 Å². The standard InChI is InChI=1S/C18H21ClN2O4S/c1-12-6-5-7-16(13(12)2)20-18(22)11-25-17-9-8-14(10-15(17)19)26(23,24)21(3)4/h5-10H,11H2,1-4H3,(H,20,22). The smallest absolute Gasteiger partial charge is 0.262 e. The van der Waals surface area contributed by atoms with Crippen molar-refractivity contribution in [3.05, 3.63) is 52.5 Å². The van der Waals surface area contributed by atoms with Gasteiger partial charge in [-0.15, -0.1) is 0 Å². The summed E-state index contributed by atoms with van der Waals surface area (Å²) in [6, 6.07) is 9.76. The molecule has 0 atom stereocenters. The van der Waals surface area contributed by atoms with E-state index in [1.165, 1.54) is 32.3 Å². The van der Waals surface area contributed by atoms with Crippen molar-refractivity contribution in [2.24, 2.45) is 0 Å². The number of benzene rings is 2. The van der Waals surface area contributed by atoms with E-state index in [0.717, 1.165) is 21.1 Å². The van der Waals surface area contributed by atoms with Crippen molar-refractivity contribution >= 4 is 33.2 Å². The summed E-state index contributed by atoms with van der Waals surface area (Å²) in [5.41, 5.74) is 2.78. The number of hydrogen-bond acceptors (Lipinski definition) is 4. The van der Waals surface area contributed by atoms with Gasteiger partial charge in [0.1, 0.15) is 5.75 Å². The SMILES string of the molecule is Cc1cccc(NC(=O)COc2ccc(S(=O)(=O)N(C)C)cc2Cl)c1C. The fourth-order valence-electron chi connectivity index (χ4n) is 2.19. The zero-order chi connectivity index (χ0) is 19.5. The van der Waals surface area contributed by atoms with Crippen LogP contribution in [0.5, 0.6) is 5.75 Å². The van der Waals surface area contributed by atoms with Crippen molar-refractivity contribution in [1.82, 2.24) is 4.31 Å². The molecule has 0 bridgehead atoms. The summed E-state index contributed by atoms with van der Waals surface area (Å²) in [5, 5.41) is 2.90. The fraction of sp³-hybridized carbons (Fsp3) is 0.278. The summed E-state index contributed by atoms with van der Waals surface area (Å²) in [6.07, 6.45) is 0. The van der Waals surface area contributed by atoms with Gasteiger partial charge in [0, 0.05) is 19.8 Å². The molecule has 8 heteroatoms. The summed E-state index contributed by atoms with van der Waals surface area (Å²) in [6.45, 7) is 3.64. The third kappa shape index (κ3) is 4.55. The number of anilines is 1. The Hall–Kier alpha value is -2.09. The molecule has 0 fully saturated rings. The molecular formula is C18H21ClN2O4S. The summed E-state index contributed by atoms with van der Waals surface area (Å²) >= 11 is 6.09. The first-order chi connectivity index (χ1) is 12.1. The average molecular weight is 397 g/mol. The maximum atomic E-state index is 12.1. The van der Waals surface area contributed by atoms with Gasteiger partial charge in [-0.05, 0) is 49.2 Å². The molecule has 0 unspecified atom stereocenters. The largest absolute Gasteiger partial charge is 0.482 e. The first-order valence-corrected chi connectivity index (χ1v) is 9.65. The Bertz CT molecular complexity index is 927. The highest BCUT2D eigenvalue weighted by molar-refractivity contribution is 7.89. The monoisotopic (exact) mass is 396 g/mol. The molecule has 0 aliphatic rings. The number of ether oxygens (including phenoxy) is 1. The van der Waals surface area contributed by atoms with Gasteiger partial charge < -0.3 is 10.1 Å². The van der Waals surface area contributed by atoms with Crippen LogP contribution in [-0.2, 0) is 14.8 Å². The van der Waals surface area contributed by atoms with Gasteiger partial charge in [0.25, 0.3) is 5.91 Å². The lowest BCUT2D eigenvalue weighted by Crippen LogP contribution is -2.22. The molecule has 0 radical (unpaired) electrons. The molecule has 0 spiro atoms. The Labute approximate surface area is 158 Å². The van der Waals surface area contributed by atoms with E-state index in [-0.39, 0.29) is 28.2 Å².